The Balaban J connectivity index is 2.27. The molecule has 2 rings (SSSR count). The highest BCUT2D eigenvalue weighted by Crippen LogP contribution is 2.31. The summed E-state index contributed by atoms with van der Waals surface area (Å²) in [6.45, 7) is 2.07. The zero-order valence-electron chi connectivity index (χ0n) is 11.2. The fraction of sp³-hybridized carbons (Fsp3) is 0.357. The van der Waals surface area contributed by atoms with Crippen LogP contribution >= 0.6 is 47.8 Å². The Hall–Kier alpha value is -0.170. The highest BCUT2D eigenvalue weighted by Gasteiger charge is 2.19. The first-order valence-electron chi connectivity index (χ1n) is 6.27. The van der Waals surface area contributed by atoms with Crippen LogP contribution in [-0.2, 0) is 19.9 Å². The highest BCUT2D eigenvalue weighted by atomic mass is 79.9. The molecule has 0 radical (unpaired) electrons. The quantitative estimate of drug-likeness (QED) is 0.718. The van der Waals surface area contributed by atoms with Gasteiger partial charge in [-0.2, -0.15) is 5.10 Å². The molecule has 1 heterocycles. The second kappa shape index (κ2) is 6.73. The largest absolute Gasteiger partial charge is 0.388 e. The van der Waals surface area contributed by atoms with E-state index in [4.69, 9.17) is 0 Å². The van der Waals surface area contributed by atoms with Crippen molar-refractivity contribution < 1.29 is 5.11 Å². The van der Waals surface area contributed by atoms with Gasteiger partial charge in [-0.25, -0.2) is 0 Å². The number of nitrogens with zero attached hydrogens (tertiary/aromatic N) is 2. The molecule has 0 aliphatic carbocycles. The van der Waals surface area contributed by atoms with Gasteiger partial charge in [-0.15, -0.1) is 0 Å². The van der Waals surface area contributed by atoms with Gasteiger partial charge in [-0.05, 0) is 40.0 Å². The number of halogens is 3. The number of hydrogen-bond donors (Lipinski definition) is 1. The van der Waals surface area contributed by atoms with Gasteiger partial charge in [0.15, 0.2) is 0 Å². The molecule has 0 fully saturated rings. The Kier molecular flexibility index (Phi) is 5.45. The molecular formula is C14H15Br3N2O. The van der Waals surface area contributed by atoms with Gasteiger partial charge in [-0.3, -0.25) is 4.68 Å². The summed E-state index contributed by atoms with van der Waals surface area (Å²) in [7, 11) is 1.91. The molecule has 0 spiro atoms. The lowest BCUT2D eigenvalue weighted by Gasteiger charge is -2.14. The molecule has 0 amide bonds. The summed E-state index contributed by atoms with van der Waals surface area (Å²) in [5.74, 6) is 0. The Morgan fingerprint density at radius 2 is 2.00 bits per heavy atom. The first kappa shape index (κ1) is 16.2. The van der Waals surface area contributed by atoms with Crippen LogP contribution in [0.2, 0.25) is 0 Å². The topological polar surface area (TPSA) is 38.0 Å². The Morgan fingerprint density at radius 1 is 1.30 bits per heavy atom. The van der Waals surface area contributed by atoms with E-state index < -0.39 is 6.10 Å². The van der Waals surface area contributed by atoms with Gasteiger partial charge in [-0.1, -0.05) is 44.8 Å². The fourth-order valence-electron chi connectivity index (χ4n) is 2.11. The van der Waals surface area contributed by atoms with E-state index >= 15 is 0 Å². The molecule has 2 aromatic rings. The number of aromatic nitrogens is 2. The Bertz CT molecular complexity index is 625. The van der Waals surface area contributed by atoms with Crippen molar-refractivity contribution in [1.29, 1.82) is 0 Å². The molecule has 0 bridgehead atoms. The predicted octanol–water partition coefficient (Wildman–Crippen LogP) is 4.55. The van der Waals surface area contributed by atoms with Crippen molar-refractivity contribution in [2.75, 3.05) is 0 Å². The zero-order valence-corrected chi connectivity index (χ0v) is 16.0. The van der Waals surface area contributed by atoms with E-state index in [2.05, 4.69) is 59.8 Å². The van der Waals surface area contributed by atoms with Crippen molar-refractivity contribution in [2.24, 2.45) is 7.05 Å². The number of benzene rings is 1. The highest BCUT2D eigenvalue weighted by molar-refractivity contribution is 9.11. The van der Waals surface area contributed by atoms with Crippen LogP contribution in [0.1, 0.15) is 30.0 Å². The van der Waals surface area contributed by atoms with Crippen molar-refractivity contribution in [3.8, 4) is 0 Å². The minimum atomic E-state index is -0.575. The van der Waals surface area contributed by atoms with Gasteiger partial charge in [0.25, 0.3) is 0 Å². The van der Waals surface area contributed by atoms with Crippen molar-refractivity contribution in [3.05, 3.63) is 48.6 Å². The molecule has 20 heavy (non-hydrogen) atoms. The molecule has 1 aromatic heterocycles. The summed E-state index contributed by atoms with van der Waals surface area (Å²) < 4.78 is 4.71. The molecule has 0 aliphatic heterocycles. The maximum atomic E-state index is 10.5. The summed E-state index contributed by atoms with van der Waals surface area (Å²) in [4.78, 5) is 0. The first-order chi connectivity index (χ1) is 9.43. The minimum absolute atomic E-state index is 0.518. The maximum Gasteiger partial charge on any atom is 0.0856 e. The third-order valence-corrected chi connectivity index (χ3v) is 5.31. The predicted molar refractivity (Wildman–Crippen MR) is 90.8 cm³/mol. The molecular weight excluding hydrogens is 452 g/mol. The monoisotopic (exact) mass is 464 g/mol. The first-order valence-corrected chi connectivity index (χ1v) is 8.65. The maximum absolute atomic E-state index is 10.5. The van der Waals surface area contributed by atoms with Crippen LogP contribution in [0.4, 0.5) is 0 Å². The molecule has 3 nitrogen and oxygen atoms in total. The van der Waals surface area contributed by atoms with Gasteiger partial charge < -0.3 is 5.11 Å². The van der Waals surface area contributed by atoms with E-state index in [0.29, 0.717) is 6.42 Å². The van der Waals surface area contributed by atoms with Gasteiger partial charge in [0.05, 0.1) is 22.0 Å². The van der Waals surface area contributed by atoms with Crippen molar-refractivity contribution >= 4 is 47.8 Å². The summed E-state index contributed by atoms with van der Waals surface area (Å²) in [6, 6.07) is 5.79. The van der Waals surface area contributed by atoms with Crippen LogP contribution in [0.15, 0.2) is 31.6 Å². The summed E-state index contributed by atoms with van der Waals surface area (Å²) in [5.41, 5.74) is 2.90. The summed E-state index contributed by atoms with van der Waals surface area (Å²) in [6.07, 6.45) is 0.811. The van der Waals surface area contributed by atoms with E-state index in [1.807, 2.05) is 29.9 Å². The third kappa shape index (κ3) is 3.35. The van der Waals surface area contributed by atoms with E-state index in [-0.39, 0.29) is 0 Å². The van der Waals surface area contributed by atoms with Gasteiger partial charge in [0.2, 0.25) is 0 Å². The SMILES string of the molecule is CCc1nn(C)c(CC(O)c2ccc(Br)cc2Br)c1Br. The van der Waals surface area contributed by atoms with Crippen molar-refractivity contribution in [3.63, 3.8) is 0 Å². The van der Waals surface area contributed by atoms with E-state index in [9.17, 15) is 5.11 Å². The number of aryl methyl sites for hydroxylation is 2. The van der Waals surface area contributed by atoms with Crippen LogP contribution in [0.5, 0.6) is 0 Å². The van der Waals surface area contributed by atoms with Gasteiger partial charge in [0, 0.05) is 22.4 Å². The van der Waals surface area contributed by atoms with Crippen LogP contribution in [0.3, 0.4) is 0 Å². The Labute approximate surface area is 143 Å². The van der Waals surface area contributed by atoms with Gasteiger partial charge in [0.1, 0.15) is 0 Å². The van der Waals surface area contributed by atoms with E-state index in [1.165, 1.54) is 0 Å². The molecule has 1 N–H and O–H groups in total. The molecule has 1 unspecified atom stereocenters. The van der Waals surface area contributed by atoms with Crippen LogP contribution < -0.4 is 0 Å². The summed E-state index contributed by atoms with van der Waals surface area (Å²) in [5, 5.41) is 14.9. The molecule has 1 atom stereocenters. The van der Waals surface area contributed by atoms with E-state index in [1.54, 1.807) is 0 Å². The molecule has 6 heteroatoms. The average molecular weight is 467 g/mol. The number of rotatable bonds is 4. The molecule has 0 saturated carbocycles. The number of hydrogen-bond acceptors (Lipinski definition) is 2. The lowest BCUT2D eigenvalue weighted by atomic mass is 10.0. The molecule has 108 valence electrons. The second-order valence-electron chi connectivity index (χ2n) is 4.57. The number of aliphatic hydroxyl groups excluding tert-OH is 1. The normalized spacial score (nSPS) is 12.7. The molecule has 1 aromatic carbocycles. The van der Waals surface area contributed by atoms with Crippen LogP contribution in [0, 0.1) is 0 Å². The van der Waals surface area contributed by atoms with Crippen LogP contribution in [-0.4, -0.2) is 14.9 Å². The minimum Gasteiger partial charge on any atom is -0.388 e. The Morgan fingerprint density at radius 3 is 2.55 bits per heavy atom. The molecule has 0 aliphatic rings. The smallest absolute Gasteiger partial charge is 0.0856 e. The third-order valence-electron chi connectivity index (χ3n) is 3.21. The second-order valence-corrected chi connectivity index (χ2v) is 7.13. The van der Waals surface area contributed by atoms with Crippen LogP contribution in [0.25, 0.3) is 0 Å². The molecule has 0 saturated heterocycles. The van der Waals surface area contributed by atoms with Gasteiger partial charge >= 0.3 is 0 Å². The number of aliphatic hydroxyl groups is 1. The lowest BCUT2D eigenvalue weighted by Crippen LogP contribution is -2.07. The lowest BCUT2D eigenvalue weighted by molar-refractivity contribution is 0.175. The van der Waals surface area contributed by atoms with Crippen molar-refractivity contribution in [2.45, 2.75) is 25.9 Å². The van der Waals surface area contributed by atoms with E-state index in [0.717, 1.165) is 36.8 Å². The summed E-state index contributed by atoms with van der Waals surface area (Å²) >= 11 is 10.5. The standard InChI is InChI=1S/C14H15Br3N2O/c1-3-11-14(17)12(19(2)18-11)7-13(20)9-5-4-8(15)6-10(9)16/h4-6,13,20H,3,7H2,1-2H3. The average Bonchev–Trinajstić information content (AvgIpc) is 2.66. The zero-order chi connectivity index (χ0) is 14.9. The fourth-order valence-corrected chi connectivity index (χ4v) is 4.20. The van der Waals surface area contributed by atoms with Crippen molar-refractivity contribution in [1.82, 2.24) is 9.78 Å².